The Balaban J connectivity index is 1.61. The standard InChI is InChI=1S/C15H19N3O3/c1-17(7-11-6-16-18(2)8-11)9-13(19)12-3-4-14-15(5-12)21-10-20-14/h3-6,8,13,19H,7,9-10H2,1-2H3/t13-/m0/s1. The summed E-state index contributed by atoms with van der Waals surface area (Å²) < 4.78 is 12.4. The average molecular weight is 289 g/mol. The zero-order valence-corrected chi connectivity index (χ0v) is 12.2. The van der Waals surface area contributed by atoms with Crippen LogP contribution in [0.2, 0.25) is 0 Å². The smallest absolute Gasteiger partial charge is 0.231 e. The van der Waals surface area contributed by atoms with Crippen molar-refractivity contribution in [3.8, 4) is 11.5 Å². The number of nitrogens with zero attached hydrogens (tertiary/aromatic N) is 3. The Morgan fingerprint density at radius 3 is 2.95 bits per heavy atom. The highest BCUT2D eigenvalue weighted by molar-refractivity contribution is 5.45. The molecule has 0 aliphatic carbocycles. The number of aryl methyl sites for hydroxylation is 1. The van der Waals surface area contributed by atoms with Crippen molar-refractivity contribution in [3.63, 3.8) is 0 Å². The fourth-order valence-corrected chi connectivity index (χ4v) is 2.45. The van der Waals surface area contributed by atoms with Gasteiger partial charge < -0.3 is 14.6 Å². The van der Waals surface area contributed by atoms with Crippen LogP contribution in [0.5, 0.6) is 11.5 Å². The van der Waals surface area contributed by atoms with Crippen LogP contribution in [-0.2, 0) is 13.6 Å². The van der Waals surface area contributed by atoms with Gasteiger partial charge in [-0.2, -0.15) is 5.10 Å². The number of likely N-dealkylation sites (N-methyl/N-ethyl adjacent to an activating group) is 1. The number of aliphatic hydroxyl groups excluding tert-OH is 1. The predicted octanol–water partition coefficient (Wildman–Crippen LogP) is 1.31. The molecule has 0 spiro atoms. The molecule has 6 heteroatoms. The molecule has 0 radical (unpaired) electrons. The first-order valence-corrected chi connectivity index (χ1v) is 6.85. The second-order valence-corrected chi connectivity index (χ2v) is 5.35. The molecule has 0 saturated heterocycles. The Morgan fingerprint density at radius 1 is 1.38 bits per heavy atom. The van der Waals surface area contributed by atoms with E-state index in [1.54, 1.807) is 4.68 Å². The molecule has 6 nitrogen and oxygen atoms in total. The molecule has 0 fully saturated rings. The second-order valence-electron chi connectivity index (χ2n) is 5.35. The highest BCUT2D eigenvalue weighted by atomic mass is 16.7. The molecule has 0 unspecified atom stereocenters. The van der Waals surface area contributed by atoms with Crippen LogP contribution in [0.15, 0.2) is 30.6 Å². The van der Waals surface area contributed by atoms with E-state index in [1.165, 1.54) is 0 Å². The Hall–Kier alpha value is -2.05. The van der Waals surface area contributed by atoms with E-state index in [4.69, 9.17) is 9.47 Å². The molecule has 1 aliphatic rings. The van der Waals surface area contributed by atoms with E-state index in [9.17, 15) is 5.11 Å². The van der Waals surface area contributed by atoms with Gasteiger partial charge in [0.05, 0.1) is 12.3 Å². The molecular formula is C15H19N3O3. The van der Waals surface area contributed by atoms with Gasteiger partial charge in [0.2, 0.25) is 6.79 Å². The van der Waals surface area contributed by atoms with E-state index in [1.807, 2.05) is 44.7 Å². The molecule has 1 aliphatic heterocycles. The SMILES string of the molecule is CN(Cc1cnn(C)c1)C[C@H](O)c1ccc2c(c1)OCO2. The lowest BCUT2D eigenvalue weighted by Crippen LogP contribution is -2.24. The summed E-state index contributed by atoms with van der Waals surface area (Å²) >= 11 is 0. The number of hydrogen-bond acceptors (Lipinski definition) is 5. The van der Waals surface area contributed by atoms with Gasteiger partial charge in [-0.3, -0.25) is 9.58 Å². The zero-order chi connectivity index (χ0) is 14.8. The molecule has 3 rings (SSSR count). The molecule has 1 atom stereocenters. The highest BCUT2D eigenvalue weighted by Gasteiger charge is 2.17. The summed E-state index contributed by atoms with van der Waals surface area (Å²) in [6.07, 6.45) is 3.24. The lowest BCUT2D eigenvalue weighted by atomic mass is 10.1. The summed E-state index contributed by atoms with van der Waals surface area (Å²) in [4.78, 5) is 2.06. The fourth-order valence-electron chi connectivity index (χ4n) is 2.45. The van der Waals surface area contributed by atoms with Crippen LogP contribution in [0.3, 0.4) is 0 Å². The van der Waals surface area contributed by atoms with Gasteiger partial charge in [0, 0.05) is 31.9 Å². The van der Waals surface area contributed by atoms with Crippen LogP contribution in [0.1, 0.15) is 17.2 Å². The molecule has 0 amide bonds. The maximum atomic E-state index is 10.3. The third-order valence-corrected chi connectivity index (χ3v) is 3.48. The van der Waals surface area contributed by atoms with Crippen molar-refractivity contribution in [2.45, 2.75) is 12.6 Å². The summed E-state index contributed by atoms with van der Waals surface area (Å²) in [6, 6.07) is 5.54. The lowest BCUT2D eigenvalue weighted by Gasteiger charge is -2.20. The number of aromatic nitrogens is 2. The summed E-state index contributed by atoms with van der Waals surface area (Å²) in [7, 11) is 3.87. The maximum absolute atomic E-state index is 10.3. The van der Waals surface area contributed by atoms with E-state index in [0.717, 1.165) is 23.4 Å². The average Bonchev–Trinajstić information content (AvgIpc) is 3.06. The summed E-state index contributed by atoms with van der Waals surface area (Å²) in [6.45, 7) is 1.53. The number of hydrogen-bond donors (Lipinski definition) is 1. The molecular weight excluding hydrogens is 270 g/mol. The first-order valence-electron chi connectivity index (χ1n) is 6.85. The topological polar surface area (TPSA) is 59.8 Å². The molecule has 0 saturated carbocycles. The van der Waals surface area contributed by atoms with Gasteiger partial charge in [-0.15, -0.1) is 0 Å². The van der Waals surface area contributed by atoms with Crippen molar-refractivity contribution in [2.75, 3.05) is 20.4 Å². The Morgan fingerprint density at radius 2 is 2.19 bits per heavy atom. The molecule has 21 heavy (non-hydrogen) atoms. The first-order chi connectivity index (χ1) is 10.1. The van der Waals surface area contributed by atoms with Gasteiger partial charge in [-0.05, 0) is 24.7 Å². The van der Waals surface area contributed by atoms with E-state index >= 15 is 0 Å². The lowest BCUT2D eigenvalue weighted by molar-refractivity contribution is 0.123. The van der Waals surface area contributed by atoms with Gasteiger partial charge in [-0.1, -0.05) is 6.07 Å². The largest absolute Gasteiger partial charge is 0.454 e. The van der Waals surface area contributed by atoms with E-state index in [0.29, 0.717) is 12.3 Å². The minimum absolute atomic E-state index is 0.246. The minimum atomic E-state index is -0.568. The van der Waals surface area contributed by atoms with Gasteiger partial charge in [0.1, 0.15) is 0 Å². The molecule has 1 aromatic carbocycles. The van der Waals surface area contributed by atoms with Crippen LogP contribution in [0, 0.1) is 0 Å². The monoisotopic (exact) mass is 289 g/mol. The Labute approximate surface area is 123 Å². The van der Waals surface area contributed by atoms with Crippen molar-refractivity contribution in [1.29, 1.82) is 0 Å². The fraction of sp³-hybridized carbons (Fsp3) is 0.400. The van der Waals surface area contributed by atoms with Crippen LogP contribution < -0.4 is 9.47 Å². The summed E-state index contributed by atoms with van der Waals surface area (Å²) in [5.41, 5.74) is 1.95. The Bertz CT molecular complexity index is 626. The summed E-state index contributed by atoms with van der Waals surface area (Å²) in [5.74, 6) is 1.43. The number of fused-ring (bicyclic) bond motifs is 1. The van der Waals surface area contributed by atoms with E-state index < -0.39 is 6.10 Å². The van der Waals surface area contributed by atoms with Crippen molar-refractivity contribution in [3.05, 3.63) is 41.7 Å². The highest BCUT2D eigenvalue weighted by Crippen LogP contribution is 2.34. The maximum Gasteiger partial charge on any atom is 0.231 e. The third-order valence-electron chi connectivity index (χ3n) is 3.48. The van der Waals surface area contributed by atoms with Gasteiger partial charge >= 0.3 is 0 Å². The van der Waals surface area contributed by atoms with E-state index in [2.05, 4.69) is 10.00 Å². The van der Waals surface area contributed by atoms with Crippen molar-refractivity contribution < 1.29 is 14.6 Å². The number of aliphatic hydroxyl groups is 1. The zero-order valence-electron chi connectivity index (χ0n) is 12.2. The number of rotatable bonds is 5. The van der Waals surface area contributed by atoms with Crippen molar-refractivity contribution in [1.82, 2.24) is 14.7 Å². The molecule has 0 bridgehead atoms. The third kappa shape index (κ3) is 3.17. The second kappa shape index (κ2) is 5.75. The van der Waals surface area contributed by atoms with Gasteiger partial charge in [-0.25, -0.2) is 0 Å². The van der Waals surface area contributed by atoms with Crippen LogP contribution in [0.4, 0.5) is 0 Å². The number of benzene rings is 1. The number of ether oxygens (including phenoxy) is 2. The molecule has 2 aromatic rings. The minimum Gasteiger partial charge on any atom is -0.454 e. The van der Waals surface area contributed by atoms with Crippen molar-refractivity contribution >= 4 is 0 Å². The molecule has 112 valence electrons. The molecule has 1 N–H and O–H groups in total. The molecule has 2 heterocycles. The van der Waals surface area contributed by atoms with Crippen molar-refractivity contribution in [2.24, 2.45) is 7.05 Å². The van der Waals surface area contributed by atoms with Gasteiger partial charge in [0.15, 0.2) is 11.5 Å². The predicted molar refractivity (Wildman–Crippen MR) is 77.1 cm³/mol. The van der Waals surface area contributed by atoms with Crippen LogP contribution in [-0.4, -0.2) is 40.2 Å². The summed E-state index contributed by atoms with van der Waals surface area (Å²) in [5, 5.41) is 14.5. The van der Waals surface area contributed by atoms with E-state index in [-0.39, 0.29) is 6.79 Å². The quantitative estimate of drug-likeness (QED) is 0.899. The normalized spacial score (nSPS) is 14.7. The van der Waals surface area contributed by atoms with Gasteiger partial charge in [0.25, 0.3) is 0 Å². The molecule has 1 aromatic heterocycles. The van der Waals surface area contributed by atoms with Crippen LogP contribution >= 0.6 is 0 Å². The Kier molecular flexibility index (Phi) is 3.81. The first kappa shape index (κ1) is 13.9. The van der Waals surface area contributed by atoms with Crippen LogP contribution in [0.25, 0.3) is 0 Å².